The summed E-state index contributed by atoms with van der Waals surface area (Å²) in [6.45, 7) is 36.4. The predicted octanol–water partition coefficient (Wildman–Crippen LogP) is -0.921. The van der Waals surface area contributed by atoms with Crippen LogP contribution in [0.1, 0.15) is 250 Å². The quantitative estimate of drug-likeness (QED) is 0.0352. The van der Waals surface area contributed by atoms with Crippen LogP contribution in [0, 0.1) is 17.8 Å². The first-order valence-corrected chi connectivity index (χ1v) is 40.4. The van der Waals surface area contributed by atoms with E-state index in [1.54, 1.807) is 83.1 Å². The number of carbonyl (C=O) groups is 17. The largest absolute Gasteiger partial charge is 0.480 e. The first-order chi connectivity index (χ1) is 53.2. The molecule has 0 aromatic carbocycles. The van der Waals surface area contributed by atoms with Crippen LogP contribution >= 0.6 is 0 Å². The van der Waals surface area contributed by atoms with Gasteiger partial charge in [-0.15, -0.1) is 0 Å². The van der Waals surface area contributed by atoms with Crippen LogP contribution in [-0.4, -0.2) is 266 Å². The summed E-state index contributed by atoms with van der Waals surface area (Å²) in [5.41, 5.74) is -15.6. The topological polar surface area (TPSA) is 537 Å². The molecule has 3 rings (SSSR count). The highest BCUT2D eigenvalue weighted by Gasteiger charge is 2.53. The first-order valence-electron chi connectivity index (χ1n) is 40.4. The summed E-state index contributed by atoms with van der Waals surface area (Å²) in [6.07, 6.45) is -3.95. The minimum absolute atomic E-state index is 0.0133. The Labute approximate surface area is 682 Å². The molecule has 3 aliphatic rings. The number of β-amino-alcohol motifs (C(OH)–C–C–N with tert-alkyl or cyclic N) is 3. The number of carboxylic acids is 1. The summed E-state index contributed by atoms with van der Waals surface area (Å²) in [6, 6.07) is -7.97. The Kier molecular flexibility index (Phi) is 35.2. The lowest BCUT2D eigenvalue weighted by molar-refractivity contribution is -0.148. The van der Waals surface area contributed by atoms with Crippen LogP contribution < -0.4 is 69.1 Å². The summed E-state index contributed by atoms with van der Waals surface area (Å²) in [5.74, 6) is -15.0. The molecule has 116 heavy (non-hydrogen) atoms. The van der Waals surface area contributed by atoms with Gasteiger partial charge in [0.05, 0.1) is 18.3 Å². The Morgan fingerprint density at radius 3 is 1.12 bits per heavy atom. The molecule has 37 heteroatoms. The van der Waals surface area contributed by atoms with E-state index >= 15 is 0 Å². The smallest absolute Gasteiger partial charge is 0.322 e. The van der Waals surface area contributed by atoms with Gasteiger partial charge in [-0.05, 0) is 152 Å². The number of nitrogens with one attached hydrogen (secondary N) is 13. The highest BCUT2D eigenvalue weighted by molar-refractivity contribution is 6.04. The molecule has 658 valence electrons. The Hall–Kier alpha value is -9.13. The molecular formula is C79H136N16O21. The number of aliphatic carboxylic acids is 1. The lowest BCUT2D eigenvalue weighted by atomic mass is 9.91. The minimum atomic E-state index is -1.85. The number of hydrogen-bond donors (Lipinski definition) is 17. The van der Waals surface area contributed by atoms with Crippen molar-refractivity contribution in [3.8, 4) is 0 Å². The average Bonchev–Trinajstić information content (AvgIpc) is 1.14. The van der Waals surface area contributed by atoms with Crippen molar-refractivity contribution in [2.75, 3.05) is 26.2 Å². The molecule has 0 bridgehead atoms. The van der Waals surface area contributed by atoms with E-state index in [4.69, 9.17) is 5.11 Å². The molecule has 3 fully saturated rings. The maximum absolute atomic E-state index is 14.9. The molecule has 0 spiro atoms. The van der Waals surface area contributed by atoms with Gasteiger partial charge < -0.3 is 104 Å². The van der Waals surface area contributed by atoms with Gasteiger partial charge in [-0.25, -0.2) is 0 Å². The van der Waals surface area contributed by atoms with E-state index in [2.05, 4.69) is 69.1 Å². The van der Waals surface area contributed by atoms with Gasteiger partial charge in [-0.3, -0.25) is 81.5 Å². The first kappa shape index (κ1) is 101. The maximum atomic E-state index is 14.9. The van der Waals surface area contributed by atoms with Crippen molar-refractivity contribution < 1.29 is 102 Å². The van der Waals surface area contributed by atoms with Crippen LogP contribution in [0.4, 0.5) is 0 Å². The van der Waals surface area contributed by atoms with E-state index in [0.717, 1.165) is 9.80 Å². The number of aliphatic hydroxyl groups excluding tert-OH is 3. The highest BCUT2D eigenvalue weighted by atomic mass is 16.4. The Balaban J connectivity index is 1.80. The average molecular weight is 1650 g/mol. The third-order valence-electron chi connectivity index (χ3n) is 23.0. The molecule has 0 aromatic rings. The zero-order chi connectivity index (χ0) is 89.5. The van der Waals surface area contributed by atoms with E-state index < -0.39 is 217 Å². The van der Waals surface area contributed by atoms with Gasteiger partial charge in [-0.2, -0.15) is 0 Å². The van der Waals surface area contributed by atoms with Crippen molar-refractivity contribution in [3.05, 3.63) is 0 Å². The number of carbonyl (C=O) groups excluding carboxylic acids is 16. The van der Waals surface area contributed by atoms with E-state index in [1.807, 2.05) is 0 Å². The fraction of sp³-hybridized carbons (Fsp3) is 0.785. The van der Waals surface area contributed by atoms with Crippen molar-refractivity contribution >= 4 is 100 Å². The molecule has 3 saturated heterocycles. The molecule has 0 radical (unpaired) electrons. The zero-order valence-electron chi connectivity index (χ0n) is 72.8. The summed E-state index contributed by atoms with van der Waals surface area (Å²) in [5, 5.41) is 76.4. The predicted molar refractivity (Wildman–Crippen MR) is 427 cm³/mol. The van der Waals surface area contributed by atoms with Gasteiger partial charge in [0.25, 0.3) is 0 Å². The summed E-state index contributed by atoms with van der Waals surface area (Å²) in [7, 11) is 0. The third kappa shape index (κ3) is 25.4. The van der Waals surface area contributed by atoms with Gasteiger partial charge in [0.2, 0.25) is 94.5 Å². The number of nitrogens with zero attached hydrogens (tertiary/aromatic N) is 3. The van der Waals surface area contributed by atoms with Crippen LogP contribution in [-0.2, 0) is 81.5 Å². The number of hydrogen-bond acceptors (Lipinski definition) is 20. The lowest BCUT2D eigenvalue weighted by Crippen LogP contribution is -2.68. The maximum Gasteiger partial charge on any atom is 0.322 e. The van der Waals surface area contributed by atoms with Crippen LogP contribution in [0.25, 0.3) is 0 Å². The van der Waals surface area contributed by atoms with E-state index in [1.165, 1.54) is 94.9 Å². The van der Waals surface area contributed by atoms with Gasteiger partial charge in [0.15, 0.2) is 0 Å². The van der Waals surface area contributed by atoms with Gasteiger partial charge in [0.1, 0.15) is 92.6 Å². The SMILES string of the molecule is CCC(C)[C@H](NC(=O)[C@@H]1C[C@@H](O)CN1C(=O)[C@@](C)(CC)NC(C)=O)C(=O)N[C@@](C)(CC)C(=O)N[C@@H](CC(C)C)C(=O)NC(C)(C)C(=O)NC(C)(C)C(=O)N[C@@](C)(CC)C(=O)N1C[C@H](O)C[C@@H]1C(=O)N[C@@H](CC(C)C)C(=O)N[C@@](C)(CC)C(=O)NC(C)(C)C(=O)N1C[C@H](O)C[C@@H]1C(=O)NC(C)(CC)C(=O)NC(C)(CC)C(=O)NCC(=O)O. The van der Waals surface area contributed by atoms with Gasteiger partial charge in [0, 0.05) is 45.8 Å². The fourth-order valence-electron chi connectivity index (χ4n) is 13.6. The normalized spacial score (nSPS) is 21.9. The summed E-state index contributed by atoms with van der Waals surface area (Å²) >= 11 is 0. The number of aliphatic hydroxyl groups is 3. The van der Waals surface area contributed by atoms with Crippen molar-refractivity contribution in [2.24, 2.45) is 17.8 Å². The molecule has 37 nitrogen and oxygen atoms in total. The van der Waals surface area contributed by atoms with Gasteiger partial charge >= 0.3 is 5.97 Å². The number of likely N-dealkylation sites (tertiary alicyclic amines) is 3. The molecule has 0 aromatic heterocycles. The summed E-state index contributed by atoms with van der Waals surface area (Å²) < 4.78 is 0. The van der Waals surface area contributed by atoms with E-state index in [9.17, 15) is 96.8 Å². The Bertz CT molecular complexity index is 3670. The van der Waals surface area contributed by atoms with Crippen LogP contribution in [0.2, 0.25) is 0 Å². The highest BCUT2D eigenvalue weighted by Crippen LogP contribution is 2.30. The third-order valence-corrected chi connectivity index (χ3v) is 23.0. The van der Waals surface area contributed by atoms with Gasteiger partial charge in [-0.1, -0.05) is 89.5 Å². The van der Waals surface area contributed by atoms with Crippen LogP contribution in [0.15, 0.2) is 0 Å². The van der Waals surface area contributed by atoms with Crippen molar-refractivity contribution in [1.82, 2.24) is 83.8 Å². The molecule has 0 aliphatic carbocycles. The second-order valence-corrected chi connectivity index (χ2v) is 35.3. The number of rotatable bonds is 41. The monoisotopic (exact) mass is 1650 g/mol. The molecule has 3 aliphatic heterocycles. The lowest BCUT2D eigenvalue weighted by Gasteiger charge is -2.39. The molecule has 16 amide bonds. The van der Waals surface area contributed by atoms with Crippen molar-refractivity contribution in [1.29, 1.82) is 0 Å². The molecule has 3 heterocycles. The zero-order valence-corrected chi connectivity index (χ0v) is 72.8. The van der Waals surface area contributed by atoms with Crippen LogP contribution in [0.5, 0.6) is 0 Å². The second kappa shape index (κ2) is 40.3. The Morgan fingerprint density at radius 2 is 0.698 bits per heavy atom. The Morgan fingerprint density at radius 1 is 0.362 bits per heavy atom. The molecule has 3 unspecified atom stereocenters. The van der Waals surface area contributed by atoms with Crippen molar-refractivity contribution in [2.45, 2.75) is 355 Å². The van der Waals surface area contributed by atoms with E-state index in [0.29, 0.717) is 6.42 Å². The molecule has 0 saturated carbocycles. The fourth-order valence-corrected chi connectivity index (χ4v) is 13.6. The number of amides is 16. The molecule has 17 N–H and O–H groups in total. The van der Waals surface area contributed by atoms with Crippen molar-refractivity contribution in [3.63, 3.8) is 0 Å². The minimum Gasteiger partial charge on any atom is -0.480 e. The van der Waals surface area contributed by atoms with Crippen LogP contribution in [0.3, 0.4) is 0 Å². The van der Waals surface area contributed by atoms with E-state index in [-0.39, 0.29) is 102 Å². The summed E-state index contributed by atoms with van der Waals surface area (Å²) in [4.78, 5) is 241. The standard InChI is InChI=1S/C79H136N16O21/c1-26-44(12)55(83-59(105)52-36-47(98)41-95(52)69(115)78(24,31-6)84-45(13)96)61(107)88-75(21,28-3)65(111)82-50(34-43(10)11)56(102)85-71(14,15)62(108)89-72(16,17)63(109)91-79(25,32-7)70(116)94-40-46(97)35-51(94)58(104)81-49(33-42(8)9)57(103)86-76(22,29-4)66(112)90-73(18,19)68(114)93-39-48(99)37-53(93)60(106)87-77(23,30-5)67(113)92-74(20,27-2)64(110)80-38-54(100)101/h42-44,46-53,55,97-99H,26-41H2,1-25H3,(H,80,110)(H,81,104)(H,82,111)(H,83,105)(H,84,96)(H,85,102)(H,86,103)(H,87,106)(H,88,107)(H,89,108)(H,90,112)(H,91,109)(H,92,113)(H,100,101)/t44?,46-,47-,48-,49+,50+,51-,52+,53-,55+,74?,75+,76+,77?,78-,79+/m1/s1. The molecular weight excluding hydrogens is 1510 g/mol. The second-order valence-electron chi connectivity index (χ2n) is 35.3. The number of carboxylic acid groups (broad SMARTS) is 1. The molecule has 16 atom stereocenters.